The van der Waals surface area contributed by atoms with Gasteiger partial charge in [0.25, 0.3) is 5.60 Å². The van der Waals surface area contributed by atoms with Gasteiger partial charge >= 0.3 is 11.9 Å². The standard InChI is InChI=1S/C9H14O5/c1-4-12-7(10)9(6(3)14-9)8(11)13-5-2/h6H,4-5H2,1-3H3. The third-order valence-electron chi connectivity index (χ3n) is 2.04. The van der Waals surface area contributed by atoms with Gasteiger partial charge in [-0.15, -0.1) is 0 Å². The third kappa shape index (κ3) is 1.59. The molecule has 0 radical (unpaired) electrons. The second-order valence-electron chi connectivity index (χ2n) is 2.94. The van der Waals surface area contributed by atoms with Gasteiger partial charge < -0.3 is 14.2 Å². The van der Waals surface area contributed by atoms with Gasteiger partial charge in [-0.2, -0.15) is 0 Å². The first-order valence-corrected chi connectivity index (χ1v) is 4.61. The van der Waals surface area contributed by atoms with E-state index in [9.17, 15) is 9.59 Å². The molecule has 0 N–H and O–H groups in total. The summed E-state index contributed by atoms with van der Waals surface area (Å²) in [5, 5.41) is 0. The summed E-state index contributed by atoms with van der Waals surface area (Å²) in [7, 11) is 0. The molecule has 1 aliphatic rings. The van der Waals surface area contributed by atoms with Crippen LogP contribution in [0.15, 0.2) is 0 Å². The van der Waals surface area contributed by atoms with Crippen LogP contribution in [0, 0.1) is 0 Å². The summed E-state index contributed by atoms with van der Waals surface area (Å²) in [6, 6.07) is 0. The van der Waals surface area contributed by atoms with Crippen molar-refractivity contribution in [2.75, 3.05) is 13.2 Å². The minimum Gasteiger partial charge on any atom is -0.463 e. The maximum atomic E-state index is 11.4. The highest BCUT2D eigenvalue weighted by Crippen LogP contribution is 2.38. The zero-order valence-corrected chi connectivity index (χ0v) is 8.53. The van der Waals surface area contributed by atoms with Gasteiger partial charge in [-0.05, 0) is 20.8 Å². The molecule has 80 valence electrons. The molecule has 1 fully saturated rings. The van der Waals surface area contributed by atoms with Crippen molar-refractivity contribution < 1.29 is 23.8 Å². The molecule has 0 spiro atoms. The molecule has 1 unspecified atom stereocenters. The van der Waals surface area contributed by atoms with Crippen molar-refractivity contribution in [3.05, 3.63) is 0 Å². The summed E-state index contributed by atoms with van der Waals surface area (Å²) >= 11 is 0. The molecule has 1 heterocycles. The number of rotatable bonds is 4. The fourth-order valence-electron chi connectivity index (χ4n) is 1.23. The average molecular weight is 202 g/mol. The van der Waals surface area contributed by atoms with E-state index in [2.05, 4.69) is 0 Å². The predicted molar refractivity (Wildman–Crippen MR) is 46.5 cm³/mol. The minimum atomic E-state index is -1.49. The first kappa shape index (κ1) is 11.0. The van der Waals surface area contributed by atoms with Crippen LogP contribution in [0.25, 0.3) is 0 Å². The van der Waals surface area contributed by atoms with Crippen molar-refractivity contribution in [2.24, 2.45) is 0 Å². The Morgan fingerprint density at radius 3 is 1.79 bits per heavy atom. The van der Waals surface area contributed by atoms with E-state index in [-0.39, 0.29) is 13.2 Å². The van der Waals surface area contributed by atoms with E-state index in [1.807, 2.05) is 0 Å². The summed E-state index contributed by atoms with van der Waals surface area (Å²) in [6.07, 6.45) is -0.458. The lowest BCUT2D eigenvalue weighted by Gasteiger charge is -2.09. The van der Waals surface area contributed by atoms with E-state index in [0.29, 0.717) is 0 Å². The lowest BCUT2D eigenvalue weighted by Crippen LogP contribution is -2.39. The number of epoxide rings is 1. The Bertz CT molecular complexity index is 230. The molecule has 1 aliphatic heterocycles. The Balaban J connectivity index is 2.68. The van der Waals surface area contributed by atoms with Crippen molar-refractivity contribution in [3.8, 4) is 0 Å². The quantitative estimate of drug-likeness (QED) is 0.372. The van der Waals surface area contributed by atoms with E-state index < -0.39 is 23.6 Å². The molecule has 0 amide bonds. The molecule has 0 aromatic carbocycles. The van der Waals surface area contributed by atoms with Gasteiger partial charge in [-0.25, -0.2) is 9.59 Å². The van der Waals surface area contributed by atoms with Crippen LogP contribution in [0.2, 0.25) is 0 Å². The number of hydrogen-bond donors (Lipinski definition) is 0. The summed E-state index contributed by atoms with van der Waals surface area (Å²) in [4.78, 5) is 22.8. The van der Waals surface area contributed by atoms with Crippen molar-refractivity contribution in [2.45, 2.75) is 32.5 Å². The summed E-state index contributed by atoms with van der Waals surface area (Å²) < 4.78 is 14.5. The van der Waals surface area contributed by atoms with Crippen LogP contribution in [0.4, 0.5) is 0 Å². The highest BCUT2D eigenvalue weighted by Gasteiger charge is 2.69. The van der Waals surface area contributed by atoms with Crippen LogP contribution in [-0.2, 0) is 23.8 Å². The van der Waals surface area contributed by atoms with Gasteiger partial charge in [0.1, 0.15) is 6.10 Å². The zero-order valence-electron chi connectivity index (χ0n) is 8.53. The van der Waals surface area contributed by atoms with Gasteiger partial charge in [-0.1, -0.05) is 0 Å². The fraction of sp³-hybridized carbons (Fsp3) is 0.778. The van der Waals surface area contributed by atoms with Gasteiger partial charge in [0, 0.05) is 0 Å². The Labute approximate surface area is 82.3 Å². The number of hydrogen-bond acceptors (Lipinski definition) is 5. The Morgan fingerprint density at radius 2 is 1.57 bits per heavy atom. The van der Waals surface area contributed by atoms with Crippen molar-refractivity contribution in [1.82, 2.24) is 0 Å². The fourth-order valence-corrected chi connectivity index (χ4v) is 1.23. The zero-order chi connectivity index (χ0) is 10.8. The van der Waals surface area contributed by atoms with E-state index in [1.165, 1.54) is 0 Å². The molecule has 14 heavy (non-hydrogen) atoms. The smallest absolute Gasteiger partial charge is 0.353 e. The summed E-state index contributed by atoms with van der Waals surface area (Å²) in [5.41, 5.74) is -1.49. The highest BCUT2D eigenvalue weighted by molar-refractivity contribution is 6.07. The number of ether oxygens (including phenoxy) is 3. The lowest BCUT2D eigenvalue weighted by molar-refractivity contribution is -0.163. The SMILES string of the molecule is CCOC(=O)C1(C(=O)OCC)OC1C. The van der Waals surface area contributed by atoms with Gasteiger partial charge in [0.05, 0.1) is 13.2 Å². The van der Waals surface area contributed by atoms with Crippen LogP contribution in [0.3, 0.4) is 0 Å². The molecule has 0 saturated carbocycles. The normalized spacial score (nSPS) is 22.6. The van der Waals surface area contributed by atoms with E-state index in [0.717, 1.165) is 0 Å². The van der Waals surface area contributed by atoms with Crippen molar-refractivity contribution in [3.63, 3.8) is 0 Å². The maximum absolute atomic E-state index is 11.4. The topological polar surface area (TPSA) is 65.1 Å². The molecule has 1 atom stereocenters. The van der Waals surface area contributed by atoms with Crippen molar-refractivity contribution >= 4 is 11.9 Å². The van der Waals surface area contributed by atoms with E-state index >= 15 is 0 Å². The minimum absolute atomic E-state index is 0.218. The number of carbonyl (C=O) groups excluding carboxylic acids is 2. The first-order valence-electron chi connectivity index (χ1n) is 4.61. The number of carbonyl (C=O) groups is 2. The molecule has 5 nitrogen and oxygen atoms in total. The van der Waals surface area contributed by atoms with Crippen LogP contribution in [-0.4, -0.2) is 36.9 Å². The molecule has 0 aromatic rings. The Hall–Kier alpha value is -1.10. The van der Waals surface area contributed by atoms with E-state index in [4.69, 9.17) is 14.2 Å². The molecular weight excluding hydrogens is 188 g/mol. The highest BCUT2D eigenvalue weighted by atomic mass is 16.7. The van der Waals surface area contributed by atoms with Gasteiger partial charge in [0.15, 0.2) is 0 Å². The Kier molecular flexibility index (Phi) is 3.10. The monoisotopic (exact) mass is 202 g/mol. The molecule has 1 rings (SSSR count). The van der Waals surface area contributed by atoms with Gasteiger partial charge in [0.2, 0.25) is 0 Å². The third-order valence-corrected chi connectivity index (χ3v) is 2.04. The summed E-state index contributed by atoms with van der Waals surface area (Å²) in [6.45, 7) is 5.41. The molecular formula is C9H14O5. The largest absolute Gasteiger partial charge is 0.463 e. The second kappa shape index (κ2) is 3.96. The van der Waals surface area contributed by atoms with Crippen LogP contribution in [0.1, 0.15) is 20.8 Å². The molecule has 0 bridgehead atoms. The Morgan fingerprint density at radius 1 is 1.21 bits per heavy atom. The first-order chi connectivity index (χ1) is 6.59. The average Bonchev–Trinajstić information content (AvgIpc) is 2.80. The second-order valence-corrected chi connectivity index (χ2v) is 2.94. The predicted octanol–water partition coefficient (Wildman–Crippen LogP) is 0.270. The molecule has 0 aliphatic carbocycles. The lowest BCUT2D eigenvalue weighted by atomic mass is 10.1. The number of esters is 2. The van der Waals surface area contributed by atoms with E-state index in [1.54, 1.807) is 20.8 Å². The molecule has 5 heteroatoms. The van der Waals surface area contributed by atoms with Crippen LogP contribution in [0.5, 0.6) is 0 Å². The maximum Gasteiger partial charge on any atom is 0.353 e. The van der Waals surface area contributed by atoms with Crippen LogP contribution >= 0.6 is 0 Å². The van der Waals surface area contributed by atoms with Gasteiger partial charge in [-0.3, -0.25) is 0 Å². The summed E-state index contributed by atoms with van der Waals surface area (Å²) in [5.74, 6) is -1.32. The van der Waals surface area contributed by atoms with Crippen LogP contribution < -0.4 is 0 Å². The van der Waals surface area contributed by atoms with Crippen molar-refractivity contribution in [1.29, 1.82) is 0 Å². The molecule has 0 aromatic heterocycles. The molecule has 1 saturated heterocycles.